The molecule has 0 amide bonds. The molecule has 2 aromatic carbocycles. The van der Waals surface area contributed by atoms with Crippen LogP contribution < -0.4 is 11.1 Å². The highest BCUT2D eigenvalue weighted by Crippen LogP contribution is 2.30. The fourth-order valence-electron chi connectivity index (χ4n) is 1.67. The van der Waals surface area contributed by atoms with Crippen LogP contribution in [0.4, 0.5) is 17.1 Å². The van der Waals surface area contributed by atoms with Gasteiger partial charge in [-0.25, -0.2) is 0 Å². The van der Waals surface area contributed by atoms with E-state index in [0.29, 0.717) is 0 Å². The minimum atomic E-state index is 0.770. The van der Waals surface area contributed by atoms with E-state index in [2.05, 4.69) is 36.7 Å². The Labute approximate surface area is 106 Å². The predicted octanol–water partition coefficient (Wildman–Crippen LogP) is 4.04. The number of hydrogen-bond acceptors (Lipinski definition) is 3. The lowest BCUT2D eigenvalue weighted by atomic mass is 10.2. The normalized spacial score (nSPS) is 10.2. The van der Waals surface area contributed by atoms with Gasteiger partial charge in [-0.3, -0.25) is 0 Å². The minimum absolute atomic E-state index is 0.770. The topological polar surface area (TPSA) is 38.0 Å². The van der Waals surface area contributed by atoms with Crippen molar-refractivity contribution in [3.63, 3.8) is 0 Å². The Morgan fingerprint density at radius 3 is 2.59 bits per heavy atom. The molecule has 0 aliphatic rings. The van der Waals surface area contributed by atoms with E-state index >= 15 is 0 Å². The number of nitrogens with one attached hydrogen (secondary N) is 1. The Kier molecular flexibility index (Phi) is 3.59. The molecule has 0 fully saturated rings. The highest BCUT2D eigenvalue weighted by atomic mass is 32.2. The molecule has 0 heterocycles. The van der Waals surface area contributed by atoms with Crippen LogP contribution in [-0.4, -0.2) is 6.26 Å². The van der Waals surface area contributed by atoms with Crippen molar-refractivity contribution in [2.24, 2.45) is 0 Å². The molecule has 17 heavy (non-hydrogen) atoms. The van der Waals surface area contributed by atoms with E-state index in [1.807, 2.05) is 24.3 Å². The van der Waals surface area contributed by atoms with Crippen molar-refractivity contribution >= 4 is 28.8 Å². The maximum atomic E-state index is 5.96. The summed E-state index contributed by atoms with van der Waals surface area (Å²) in [6, 6.07) is 14.2. The smallest absolute Gasteiger partial charge is 0.0620 e. The lowest BCUT2D eigenvalue weighted by Crippen LogP contribution is -1.97. The Balaban J connectivity index is 2.34. The maximum absolute atomic E-state index is 5.96. The first kappa shape index (κ1) is 11.9. The lowest BCUT2D eigenvalue weighted by molar-refractivity contribution is 1.40. The minimum Gasteiger partial charge on any atom is -0.397 e. The number of benzene rings is 2. The third-order valence-corrected chi connectivity index (χ3v) is 3.38. The molecule has 3 heteroatoms. The van der Waals surface area contributed by atoms with Gasteiger partial charge in [0.1, 0.15) is 0 Å². The van der Waals surface area contributed by atoms with Gasteiger partial charge in [-0.15, -0.1) is 11.8 Å². The standard InChI is InChI=1S/C14H16N2S/c1-10-7-8-11(15)13(9-10)16-12-5-3-4-6-14(12)17-2/h3-9,16H,15H2,1-2H3. The number of para-hydroxylation sites is 1. The predicted molar refractivity (Wildman–Crippen MR) is 77.1 cm³/mol. The van der Waals surface area contributed by atoms with Gasteiger partial charge in [0.05, 0.1) is 17.1 Å². The summed E-state index contributed by atoms with van der Waals surface area (Å²) in [4.78, 5) is 1.22. The fraction of sp³-hybridized carbons (Fsp3) is 0.143. The first-order valence-corrected chi connectivity index (χ1v) is 6.69. The van der Waals surface area contributed by atoms with Crippen molar-refractivity contribution in [2.75, 3.05) is 17.3 Å². The summed E-state index contributed by atoms with van der Waals surface area (Å²) in [5.74, 6) is 0. The summed E-state index contributed by atoms with van der Waals surface area (Å²) in [7, 11) is 0. The molecule has 0 saturated heterocycles. The monoisotopic (exact) mass is 244 g/mol. The Morgan fingerprint density at radius 2 is 1.82 bits per heavy atom. The summed E-state index contributed by atoms with van der Waals surface area (Å²) in [6.45, 7) is 2.06. The van der Waals surface area contributed by atoms with Crippen LogP contribution in [-0.2, 0) is 0 Å². The number of aryl methyl sites for hydroxylation is 1. The van der Waals surface area contributed by atoms with Crippen LogP contribution in [0.1, 0.15) is 5.56 Å². The lowest BCUT2D eigenvalue weighted by Gasteiger charge is -2.12. The van der Waals surface area contributed by atoms with Crippen LogP contribution in [0.5, 0.6) is 0 Å². The Bertz CT molecular complexity index is 523. The van der Waals surface area contributed by atoms with E-state index in [-0.39, 0.29) is 0 Å². The van der Waals surface area contributed by atoms with Crippen LogP contribution in [0, 0.1) is 6.92 Å². The van der Waals surface area contributed by atoms with E-state index in [1.54, 1.807) is 11.8 Å². The van der Waals surface area contributed by atoms with Crippen LogP contribution in [0.15, 0.2) is 47.4 Å². The molecule has 0 saturated carbocycles. The van der Waals surface area contributed by atoms with Crippen molar-refractivity contribution in [2.45, 2.75) is 11.8 Å². The second kappa shape index (κ2) is 5.15. The molecule has 0 aliphatic heterocycles. The largest absolute Gasteiger partial charge is 0.397 e. The highest BCUT2D eigenvalue weighted by molar-refractivity contribution is 7.98. The van der Waals surface area contributed by atoms with Crippen molar-refractivity contribution in [3.05, 3.63) is 48.0 Å². The zero-order valence-electron chi connectivity index (χ0n) is 10.0. The summed E-state index contributed by atoms with van der Waals surface area (Å²) < 4.78 is 0. The summed E-state index contributed by atoms with van der Waals surface area (Å²) >= 11 is 1.72. The molecule has 0 radical (unpaired) electrons. The number of anilines is 3. The molecule has 3 N–H and O–H groups in total. The molecule has 0 spiro atoms. The first-order valence-electron chi connectivity index (χ1n) is 5.47. The zero-order valence-corrected chi connectivity index (χ0v) is 10.8. The summed E-state index contributed by atoms with van der Waals surface area (Å²) in [6.07, 6.45) is 2.07. The average Bonchev–Trinajstić information content (AvgIpc) is 2.34. The third kappa shape index (κ3) is 2.74. The van der Waals surface area contributed by atoms with Crippen molar-refractivity contribution in [3.8, 4) is 0 Å². The second-order valence-electron chi connectivity index (χ2n) is 3.92. The number of rotatable bonds is 3. The fourth-order valence-corrected chi connectivity index (χ4v) is 2.23. The zero-order chi connectivity index (χ0) is 12.3. The Morgan fingerprint density at radius 1 is 1.06 bits per heavy atom. The molecular weight excluding hydrogens is 228 g/mol. The summed E-state index contributed by atoms with van der Waals surface area (Å²) in [5, 5.41) is 3.39. The third-order valence-electron chi connectivity index (χ3n) is 2.59. The number of nitrogen functional groups attached to an aromatic ring is 1. The molecule has 2 nitrogen and oxygen atoms in total. The molecule has 0 aliphatic carbocycles. The quantitative estimate of drug-likeness (QED) is 0.632. The summed E-state index contributed by atoms with van der Waals surface area (Å²) in [5.41, 5.74) is 9.99. The van der Waals surface area contributed by atoms with Crippen LogP contribution in [0.3, 0.4) is 0 Å². The SMILES string of the molecule is CSc1ccccc1Nc1cc(C)ccc1N. The maximum Gasteiger partial charge on any atom is 0.0620 e. The van der Waals surface area contributed by atoms with E-state index in [1.165, 1.54) is 10.5 Å². The van der Waals surface area contributed by atoms with Gasteiger partial charge < -0.3 is 11.1 Å². The van der Waals surface area contributed by atoms with E-state index in [9.17, 15) is 0 Å². The van der Waals surface area contributed by atoms with E-state index in [0.717, 1.165) is 17.1 Å². The molecule has 0 aromatic heterocycles. The van der Waals surface area contributed by atoms with Gasteiger partial charge in [0, 0.05) is 4.90 Å². The van der Waals surface area contributed by atoms with Gasteiger partial charge in [-0.2, -0.15) is 0 Å². The van der Waals surface area contributed by atoms with Gasteiger partial charge in [0.15, 0.2) is 0 Å². The van der Waals surface area contributed by atoms with Gasteiger partial charge in [0.25, 0.3) is 0 Å². The molecular formula is C14H16N2S. The van der Waals surface area contributed by atoms with E-state index in [4.69, 9.17) is 5.73 Å². The molecule has 88 valence electrons. The van der Waals surface area contributed by atoms with Gasteiger partial charge in [-0.1, -0.05) is 18.2 Å². The first-order chi connectivity index (χ1) is 8.20. The van der Waals surface area contributed by atoms with Crippen molar-refractivity contribution in [1.29, 1.82) is 0 Å². The number of hydrogen-bond donors (Lipinski definition) is 2. The number of nitrogens with two attached hydrogens (primary N) is 1. The molecule has 0 atom stereocenters. The average molecular weight is 244 g/mol. The number of thioether (sulfide) groups is 1. The highest BCUT2D eigenvalue weighted by Gasteiger charge is 2.03. The molecule has 0 unspecified atom stereocenters. The van der Waals surface area contributed by atoms with Crippen molar-refractivity contribution < 1.29 is 0 Å². The second-order valence-corrected chi connectivity index (χ2v) is 4.76. The van der Waals surface area contributed by atoms with Crippen molar-refractivity contribution in [1.82, 2.24) is 0 Å². The van der Waals surface area contributed by atoms with E-state index < -0.39 is 0 Å². The van der Waals surface area contributed by atoms with Gasteiger partial charge in [-0.05, 0) is 43.0 Å². The molecule has 0 bridgehead atoms. The van der Waals surface area contributed by atoms with Crippen LogP contribution in [0.2, 0.25) is 0 Å². The van der Waals surface area contributed by atoms with Gasteiger partial charge in [0.2, 0.25) is 0 Å². The van der Waals surface area contributed by atoms with Gasteiger partial charge >= 0.3 is 0 Å². The van der Waals surface area contributed by atoms with Crippen LogP contribution >= 0.6 is 11.8 Å². The van der Waals surface area contributed by atoms with Crippen LogP contribution in [0.25, 0.3) is 0 Å². The Hall–Kier alpha value is -1.61. The molecule has 2 aromatic rings. The molecule has 2 rings (SSSR count).